The zero-order valence-electron chi connectivity index (χ0n) is 24.1. The Kier molecular flexibility index (Phi) is 21.2. The van der Waals surface area contributed by atoms with E-state index in [9.17, 15) is 14.4 Å². The van der Waals surface area contributed by atoms with E-state index in [2.05, 4.69) is 41.5 Å². The molecule has 0 saturated carbocycles. The van der Waals surface area contributed by atoms with E-state index in [1.54, 1.807) is 0 Å². The minimum absolute atomic E-state index is 0.00134. The lowest BCUT2D eigenvalue weighted by Crippen LogP contribution is -2.21. The van der Waals surface area contributed by atoms with Crippen LogP contribution in [0.3, 0.4) is 0 Å². The van der Waals surface area contributed by atoms with E-state index in [4.69, 9.17) is 14.2 Å². The molecule has 0 fully saturated rings. The highest BCUT2D eigenvalue weighted by Gasteiger charge is 2.21. The third-order valence-corrected chi connectivity index (χ3v) is 6.91. The van der Waals surface area contributed by atoms with Crippen molar-refractivity contribution in [3.8, 4) is 0 Å². The van der Waals surface area contributed by atoms with Gasteiger partial charge in [-0.15, -0.1) is 0 Å². The average Bonchev–Trinajstić information content (AvgIpc) is 2.88. The van der Waals surface area contributed by atoms with Gasteiger partial charge in [0, 0.05) is 6.08 Å². The molecule has 0 rings (SSSR count). The Hall–Kier alpha value is -1.85. The van der Waals surface area contributed by atoms with Crippen molar-refractivity contribution in [3.05, 3.63) is 11.6 Å². The fourth-order valence-corrected chi connectivity index (χ4v) is 3.96. The summed E-state index contributed by atoms with van der Waals surface area (Å²) in [5.41, 5.74) is -0.00134. The second-order valence-corrected chi connectivity index (χ2v) is 10.0. The van der Waals surface area contributed by atoms with Crippen LogP contribution in [0.5, 0.6) is 0 Å². The van der Waals surface area contributed by atoms with Crippen molar-refractivity contribution >= 4 is 17.9 Å². The smallest absolute Gasteiger partial charge is 0.334 e. The van der Waals surface area contributed by atoms with Gasteiger partial charge in [0.2, 0.25) is 0 Å². The molecule has 0 aromatic heterocycles. The summed E-state index contributed by atoms with van der Waals surface area (Å²) in [6.07, 6.45) is 13.1. The summed E-state index contributed by atoms with van der Waals surface area (Å²) in [7, 11) is 0. The van der Waals surface area contributed by atoms with Crippen LogP contribution in [0, 0.1) is 17.8 Å². The van der Waals surface area contributed by atoms with Gasteiger partial charge < -0.3 is 14.2 Å². The monoisotopic (exact) mass is 510 g/mol. The molecule has 6 heteroatoms. The molecular formula is C30H54O6. The number of esters is 3. The van der Waals surface area contributed by atoms with Gasteiger partial charge in [0.1, 0.15) is 0 Å². The van der Waals surface area contributed by atoms with Crippen LogP contribution in [0.25, 0.3) is 0 Å². The molecule has 0 aliphatic carbocycles. The molecule has 0 amide bonds. The van der Waals surface area contributed by atoms with Crippen LogP contribution in [0.15, 0.2) is 11.6 Å². The van der Waals surface area contributed by atoms with Gasteiger partial charge in [0.15, 0.2) is 0 Å². The second-order valence-electron chi connectivity index (χ2n) is 10.0. The highest BCUT2D eigenvalue weighted by molar-refractivity contribution is 5.99. The maximum absolute atomic E-state index is 12.9. The molecule has 3 atom stereocenters. The summed E-state index contributed by atoms with van der Waals surface area (Å²) in [5, 5.41) is 0. The molecule has 36 heavy (non-hydrogen) atoms. The average molecular weight is 511 g/mol. The molecule has 0 aromatic carbocycles. The Labute approximate surface area is 220 Å². The van der Waals surface area contributed by atoms with E-state index in [1.165, 1.54) is 0 Å². The largest absolute Gasteiger partial charge is 0.465 e. The first-order valence-electron chi connectivity index (χ1n) is 14.5. The number of hydrogen-bond donors (Lipinski definition) is 0. The number of ether oxygens (including phenoxy) is 3. The topological polar surface area (TPSA) is 78.9 Å². The molecule has 6 nitrogen and oxygen atoms in total. The minimum Gasteiger partial charge on any atom is -0.465 e. The van der Waals surface area contributed by atoms with E-state index < -0.39 is 17.9 Å². The van der Waals surface area contributed by atoms with Crippen LogP contribution in [0.1, 0.15) is 125 Å². The highest BCUT2D eigenvalue weighted by atomic mass is 16.5. The molecule has 0 aliphatic rings. The highest BCUT2D eigenvalue weighted by Crippen LogP contribution is 2.17. The molecule has 0 aromatic rings. The van der Waals surface area contributed by atoms with Crippen molar-refractivity contribution in [2.45, 2.75) is 125 Å². The summed E-state index contributed by atoms with van der Waals surface area (Å²) in [5.74, 6) is -0.918. The van der Waals surface area contributed by atoms with Crippen LogP contribution in [-0.2, 0) is 28.6 Å². The van der Waals surface area contributed by atoms with E-state index in [-0.39, 0.29) is 24.5 Å². The van der Waals surface area contributed by atoms with Crippen molar-refractivity contribution in [3.63, 3.8) is 0 Å². The standard InChI is InChI=1S/C30H54O6/c1-7-13-16-24(10-4)21-34-28(31)19-27(30(33)36-23-26(12-6)18-15-9-3)20-29(32)35-22-25(11-5)17-14-8-2/h19,24-26H,7-18,20-23H2,1-6H3/b27-19+/t24-,25-,26-/m0/s1. The molecule has 0 saturated heterocycles. The zero-order chi connectivity index (χ0) is 27.2. The van der Waals surface area contributed by atoms with Gasteiger partial charge in [-0.25, -0.2) is 9.59 Å². The minimum atomic E-state index is -0.644. The molecular weight excluding hydrogens is 456 g/mol. The van der Waals surface area contributed by atoms with Gasteiger partial charge in [-0.05, 0) is 37.0 Å². The Bertz CT molecular complexity index is 627. The third kappa shape index (κ3) is 16.8. The SMILES string of the molecule is CCCC[C@H](CC)COC(=O)/C=C(\CC(=O)OC[C@@H](CC)CCCC)C(=O)OC[C@@H](CC)CCCC. The Morgan fingerprint density at radius 3 is 1.44 bits per heavy atom. The number of carbonyl (C=O) groups is 3. The molecule has 0 N–H and O–H groups in total. The number of rotatable bonds is 22. The van der Waals surface area contributed by atoms with Gasteiger partial charge in [-0.3, -0.25) is 4.79 Å². The van der Waals surface area contributed by atoms with Crippen molar-refractivity contribution in [2.75, 3.05) is 19.8 Å². The Balaban J connectivity index is 5.23. The molecule has 0 spiro atoms. The first-order chi connectivity index (χ1) is 17.3. The maximum Gasteiger partial charge on any atom is 0.334 e. The van der Waals surface area contributed by atoms with Crippen LogP contribution >= 0.6 is 0 Å². The lowest BCUT2D eigenvalue weighted by molar-refractivity contribution is -0.148. The normalized spacial score (nSPS) is 14.1. The second kappa shape index (κ2) is 22.4. The van der Waals surface area contributed by atoms with Gasteiger partial charge in [0.05, 0.1) is 31.8 Å². The van der Waals surface area contributed by atoms with Gasteiger partial charge >= 0.3 is 17.9 Å². The van der Waals surface area contributed by atoms with Crippen molar-refractivity contribution in [1.29, 1.82) is 0 Å². The van der Waals surface area contributed by atoms with E-state index in [0.717, 1.165) is 83.1 Å². The zero-order valence-corrected chi connectivity index (χ0v) is 24.1. The molecule has 0 aliphatic heterocycles. The summed E-state index contributed by atoms with van der Waals surface area (Å²) in [6.45, 7) is 13.6. The molecule has 0 unspecified atom stereocenters. The molecule has 0 bridgehead atoms. The summed E-state index contributed by atoms with van der Waals surface area (Å²) >= 11 is 0. The first kappa shape index (κ1) is 34.1. The van der Waals surface area contributed by atoms with Gasteiger partial charge in [0.25, 0.3) is 0 Å². The van der Waals surface area contributed by atoms with E-state index in [1.807, 2.05) is 0 Å². The van der Waals surface area contributed by atoms with E-state index in [0.29, 0.717) is 25.0 Å². The summed E-state index contributed by atoms with van der Waals surface area (Å²) in [4.78, 5) is 38.0. The Morgan fingerprint density at radius 2 is 1.03 bits per heavy atom. The van der Waals surface area contributed by atoms with Crippen molar-refractivity contribution in [2.24, 2.45) is 17.8 Å². The fourth-order valence-electron chi connectivity index (χ4n) is 3.96. The fraction of sp³-hybridized carbons (Fsp3) is 0.833. The van der Waals surface area contributed by atoms with E-state index >= 15 is 0 Å². The van der Waals surface area contributed by atoms with Crippen LogP contribution in [-0.4, -0.2) is 37.7 Å². The van der Waals surface area contributed by atoms with Crippen LogP contribution in [0.2, 0.25) is 0 Å². The number of carbonyl (C=O) groups excluding carboxylic acids is 3. The van der Waals surface area contributed by atoms with Crippen molar-refractivity contribution in [1.82, 2.24) is 0 Å². The molecule has 210 valence electrons. The predicted octanol–water partition coefficient (Wildman–Crippen LogP) is 7.58. The predicted molar refractivity (Wildman–Crippen MR) is 145 cm³/mol. The van der Waals surface area contributed by atoms with Crippen molar-refractivity contribution < 1.29 is 28.6 Å². The Morgan fingerprint density at radius 1 is 0.611 bits per heavy atom. The summed E-state index contributed by atoms with van der Waals surface area (Å²) < 4.78 is 16.4. The third-order valence-electron chi connectivity index (χ3n) is 6.91. The quantitative estimate of drug-likeness (QED) is 0.0848. The van der Waals surface area contributed by atoms with Gasteiger partial charge in [-0.1, -0.05) is 99.3 Å². The first-order valence-corrected chi connectivity index (χ1v) is 14.5. The molecule has 0 radical (unpaired) electrons. The number of unbranched alkanes of at least 4 members (excludes halogenated alkanes) is 3. The summed E-state index contributed by atoms with van der Waals surface area (Å²) in [6, 6.07) is 0. The van der Waals surface area contributed by atoms with Crippen LogP contribution < -0.4 is 0 Å². The van der Waals surface area contributed by atoms with Crippen LogP contribution in [0.4, 0.5) is 0 Å². The van der Waals surface area contributed by atoms with Gasteiger partial charge in [-0.2, -0.15) is 0 Å². The maximum atomic E-state index is 12.9. The lowest BCUT2D eigenvalue weighted by Gasteiger charge is -2.17. The number of hydrogen-bond acceptors (Lipinski definition) is 6. The lowest BCUT2D eigenvalue weighted by atomic mass is 10.0. The molecule has 0 heterocycles.